The highest BCUT2D eigenvalue weighted by Crippen LogP contribution is 2.34. The molecule has 0 unspecified atom stereocenters. The number of aromatic nitrogens is 4. The van der Waals surface area contributed by atoms with Gasteiger partial charge in [-0.25, -0.2) is 14.0 Å². The number of halogens is 1. The van der Waals surface area contributed by atoms with E-state index in [-0.39, 0.29) is 11.7 Å². The van der Waals surface area contributed by atoms with Gasteiger partial charge in [0.2, 0.25) is 5.69 Å². The predicted octanol–water partition coefficient (Wildman–Crippen LogP) is 3.50. The molecule has 5 rings (SSSR count). The molecule has 2 aliphatic heterocycles. The molecule has 0 bridgehead atoms. The van der Waals surface area contributed by atoms with Crippen LogP contribution in [0.5, 0.6) is 0 Å². The Hall–Kier alpha value is -3.67. The van der Waals surface area contributed by atoms with Crippen molar-refractivity contribution < 1.29 is 9.18 Å². The van der Waals surface area contributed by atoms with Gasteiger partial charge >= 0.3 is 6.03 Å². The molecule has 0 spiro atoms. The Kier molecular flexibility index (Phi) is 4.05. The maximum absolute atomic E-state index is 13.5. The molecular weight excluding hydrogens is 373 g/mol. The Morgan fingerprint density at radius 3 is 3.07 bits per heavy atom. The molecule has 8 nitrogen and oxygen atoms in total. The van der Waals surface area contributed by atoms with E-state index in [1.165, 1.54) is 23.8 Å². The number of H-pyrrole nitrogens is 1. The van der Waals surface area contributed by atoms with Gasteiger partial charge in [-0.15, -0.1) is 0 Å². The number of nitrogens with zero attached hydrogens (tertiary/aromatic N) is 5. The summed E-state index contributed by atoms with van der Waals surface area (Å²) < 4.78 is 15.6. The van der Waals surface area contributed by atoms with Gasteiger partial charge in [0.05, 0.1) is 36.4 Å². The zero-order chi connectivity index (χ0) is 20.0. The van der Waals surface area contributed by atoms with Crippen molar-refractivity contribution in [3.8, 4) is 11.4 Å². The van der Waals surface area contributed by atoms with Gasteiger partial charge in [0.25, 0.3) is 0 Å². The van der Waals surface area contributed by atoms with E-state index in [9.17, 15) is 9.18 Å². The number of anilines is 1. The lowest BCUT2D eigenvalue weighted by Gasteiger charge is -2.27. The largest absolute Gasteiger partial charge is 0.322 e. The highest BCUT2D eigenvalue weighted by molar-refractivity contribution is 5.90. The number of aryl methyl sites for hydroxylation is 2. The molecule has 1 aromatic carbocycles. The normalized spacial score (nSPS) is 15.0. The van der Waals surface area contributed by atoms with E-state index in [0.29, 0.717) is 25.2 Å². The molecule has 0 saturated heterocycles. The van der Waals surface area contributed by atoms with Crippen LogP contribution in [0.1, 0.15) is 23.2 Å². The minimum Gasteiger partial charge on any atom is -0.320 e. The van der Waals surface area contributed by atoms with Crippen LogP contribution in [0.25, 0.3) is 16.2 Å². The van der Waals surface area contributed by atoms with E-state index in [1.54, 1.807) is 4.90 Å². The first kappa shape index (κ1) is 17.4. The second-order valence-electron chi connectivity index (χ2n) is 7.25. The Labute approximate surface area is 166 Å². The van der Waals surface area contributed by atoms with Crippen molar-refractivity contribution >= 4 is 17.4 Å². The van der Waals surface area contributed by atoms with Gasteiger partial charge < -0.3 is 10.2 Å². The summed E-state index contributed by atoms with van der Waals surface area (Å²) in [7, 11) is 0. The van der Waals surface area contributed by atoms with Crippen LogP contribution >= 0.6 is 0 Å². The zero-order valence-corrected chi connectivity index (χ0v) is 15.6. The van der Waals surface area contributed by atoms with Crippen molar-refractivity contribution in [1.29, 1.82) is 0 Å². The first-order valence-corrected chi connectivity index (χ1v) is 9.48. The molecule has 2 N–H and O–H groups in total. The SMILES string of the molecule is [C-]#[N+]c1cc(NC(=O)N2CCc3nn4c(c3C2)-c2[nH]ncc2CCC4)ccc1F. The molecule has 4 heterocycles. The molecule has 2 aliphatic rings. The van der Waals surface area contributed by atoms with Crippen molar-refractivity contribution in [3.63, 3.8) is 0 Å². The van der Waals surface area contributed by atoms with Crippen LogP contribution in [0.4, 0.5) is 20.6 Å². The fourth-order valence-electron chi connectivity index (χ4n) is 4.05. The lowest BCUT2D eigenvalue weighted by molar-refractivity contribution is 0.206. The van der Waals surface area contributed by atoms with E-state index in [1.807, 2.05) is 10.9 Å². The minimum absolute atomic E-state index is 0.113. The average Bonchev–Trinajstić information content (AvgIpc) is 3.28. The van der Waals surface area contributed by atoms with Gasteiger partial charge in [-0.2, -0.15) is 10.2 Å². The van der Waals surface area contributed by atoms with Crippen molar-refractivity contribution in [1.82, 2.24) is 24.9 Å². The Balaban J connectivity index is 1.42. The summed E-state index contributed by atoms with van der Waals surface area (Å²) in [5.41, 5.74) is 5.52. The number of carbonyl (C=O) groups is 1. The van der Waals surface area contributed by atoms with Gasteiger partial charge in [-0.3, -0.25) is 9.78 Å². The van der Waals surface area contributed by atoms with Gasteiger partial charge in [0.1, 0.15) is 5.82 Å². The van der Waals surface area contributed by atoms with Gasteiger partial charge in [-0.1, -0.05) is 0 Å². The summed E-state index contributed by atoms with van der Waals surface area (Å²) in [5.74, 6) is -0.599. The number of carbonyl (C=O) groups excluding carboxylic acids is 1. The molecule has 29 heavy (non-hydrogen) atoms. The Morgan fingerprint density at radius 2 is 2.21 bits per heavy atom. The molecule has 9 heteroatoms. The number of aromatic amines is 1. The van der Waals surface area contributed by atoms with Gasteiger partial charge in [0.15, 0.2) is 0 Å². The lowest BCUT2D eigenvalue weighted by Crippen LogP contribution is -2.38. The number of fused-ring (bicyclic) bond motifs is 5. The van der Waals surface area contributed by atoms with Crippen molar-refractivity contribution in [2.24, 2.45) is 0 Å². The highest BCUT2D eigenvalue weighted by Gasteiger charge is 2.30. The topological polar surface area (TPSA) is 83.2 Å². The average molecular weight is 391 g/mol. The fraction of sp³-hybridized carbons (Fsp3) is 0.300. The van der Waals surface area contributed by atoms with Crippen molar-refractivity contribution in [2.45, 2.75) is 32.4 Å². The number of urea groups is 1. The minimum atomic E-state index is -0.599. The maximum atomic E-state index is 13.5. The smallest absolute Gasteiger partial charge is 0.320 e. The summed E-state index contributed by atoms with van der Waals surface area (Å²) in [6.45, 7) is 8.84. The second-order valence-corrected chi connectivity index (χ2v) is 7.25. The van der Waals surface area contributed by atoms with Crippen LogP contribution in [0.3, 0.4) is 0 Å². The third-order valence-electron chi connectivity index (χ3n) is 5.48. The van der Waals surface area contributed by atoms with Crippen LogP contribution in [0.15, 0.2) is 24.4 Å². The quantitative estimate of drug-likeness (QED) is 0.623. The highest BCUT2D eigenvalue weighted by atomic mass is 19.1. The summed E-state index contributed by atoms with van der Waals surface area (Å²) in [6.07, 6.45) is 4.48. The van der Waals surface area contributed by atoms with Crippen molar-refractivity contribution in [2.75, 3.05) is 11.9 Å². The molecule has 0 atom stereocenters. The molecule has 0 aliphatic carbocycles. The second kappa shape index (κ2) is 6.74. The summed E-state index contributed by atoms with van der Waals surface area (Å²) in [6, 6.07) is 3.71. The number of hydrogen-bond acceptors (Lipinski definition) is 3. The Bertz CT molecular complexity index is 1160. The molecule has 0 radical (unpaired) electrons. The van der Waals surface area contributed by atoms with E-state index in [2.05, 4.69) is 20.4 Å². The number of nitrogens with one attached hydrogen (secondary N) is 2. The summed E-state index contributed by atoms with van der Waals surface area (Å²) in [5, 5.41) is 14.8. The lowest BCUT2D eigenvalue weighted by atomic mass is 10.0. The van der Waals surface area contributed by atoms with Crippen LogP contribution in [-0.4, -0.2) is 37.5 Å². The molecular formula is C20H18FN7O. The third kappa shape index (κ3) is 2.93. The summed E-state index contributed by atoms with van der Waals surface area (Å²) in [4.78, 5) is 17.7. The van der Waals surface area contributed by atoms with E-state index in [0.717, 1.165) is 42.0 Å². The first-order chi connectivity index (χ1) is 14.1. The number of amides is 2. The molecule has 146 valence electrons. The number of hydrogen-bond donors (Lipinski definition) is 2. The third-order valence-corrected chi connectivity index (χ3v) is 5.48. The van der Waals surface area contributed by atoms with Crippen LogP contribution in [0, 0.1) is 12.4 Å². The molecule has 0 fully saturated rings. The number of rotatable bonds is 1. The van der Waals surface area contributed by atoms with E-state index >= 15 is 0 Å². The molecule has 3 aromatic rings. The standard InChI is InChI=1S/C20H18FN7O/c1-22-17-9-13(4-5-15(17)21)24-20(29)27-8-6-16-14(11-27)19-18-12(10-23-25-18)3-2-7-28(19)26-16/h4-5,9-10H,2-3,6-8,11H2,(H,23,25)(H,24,29). The molecule has 2 aromatic heterocycles. The predicted molar refractivity (Wildman–Crippen MR) is 104 cm³/mol. The summed E-state index contributed by atoms with van der Waals surface area (Å²) >= 11 is 0. The monoisotopic (exact) mass is 391 g/mol. The van der Waals surface area contributed by atoms with Gasteiger partial charge in [-0.05, 0) is 36.6 Å². The van der Waals surface area contributed by atoms with E-state index in [4.69, 9.17) is 11.7 Å². The van der Waals surface area contributed by atoms with E-state index < -0.39 is 5.82 Å². The number of benzene rings is 1. The zero-order valence-electron chi connectivity index (χ0n) is 15.6. The molecule has 0 saturated carbocycles. The molecule has 2 amide bonds. The van der Waals surface area contributed by atoms with Crippen LogP contribution < -0.4 is 5.32 Å². The Morgan fingerprint density at radius 1 is 1.31 bits per heavy atom. The maximum Gasteiger partial charge on any atom is 0.322 e. The van der Waals surface area contributed by atoms with Gasteiger partial charge in [0, 0.05) is 30.8 Å². The van der Waals surface area contributed by atoms with Crippen LogP contribution in [0.2, 0.25) is 0 Å². The fourth-order valence-corrected chi connectivity index (χ4v) is 4.05. The van der Waals surface area contributed by atoms with Crippen LogP contribution in [-0.2, 0) is 25.9 Å². The van der Waals surface area contributed by atoms with Crippen molar-refractivity contribution in [3.05, 3.63) is 58.5 Å². The first-order valence-electron chi connectivity index (χ1n) is 9.48.